The Bertz CT molecular complexity index is 726. The number of furan rings is 1. The highest BCUT2D eigenvalue weighted by Crippen LogP contribution is 2.21. The van der Waals surface area contributed by atoms with E-state index in [0.717, 1.165) is 5.56 Å². The van der Waals surface area contributed by atoms with Crippen LogP contribution in [0.15, 0.2) is 57.7 Å². The van der Waals surface area contributed by atoms with E-state index in [0.29, 0.717) is 11.5 Å². The second-order valence-electron chi connectivity index (χ2n) is 4.60. The van der Waals surface area contributed by atoms with E-state index in [2.05, 4.69) is 5.16 Å². The van der Waals surface area contributed by atoms with E-state index in [1.807, 2.05) is 31.2 Å². The Morgan fingerprint density at radius 1 is 1.24 bits per heavy atom. The topological polar surface area (TPSA) is 65.5 Å². The lowest BCUT2D eigenvalue weighted by Crippen LogP contribution is -2.03. The van der Waals surface area contributed by atoms with Crippen molar-refractivity contribution in [2.24, 2.45) is 0 Å². The normalized spacial score (nSPS) is 10.5. The van der Waals surface area contributed by atoms with Gasteiger partial charge < -0.3 is 13.7 Å². The first-order valence-electron chi connectivity index (χ1n) is 6.45. The number of nitrogens with zero attached hydrogens (tertiary/aromatic N) is 1. The Morgan fingerprint density at radius 2 is 2.05 bits per heavy atom. The summed E-state index contributed by atoms with van der Waals surface area (Å²) in [5, 5.41) is 3.89. The van der Waals surface area contributed by atoms with Crippen LogP contribution in [0.1, 0.15) is 21.8 Å². The van der Waals surface area contributed by atoms with E-state index in [9.17, 15) is 4.79 Å². The monoisotopic (exact) mass is 283 g/mol. The zero-order valence-corrected chi connectivity index (χ0v) is 11.4. The Morgan fingerprint density at radius 3 is 2.76 bits per heavy atom. The van der Waals surface area contributed by atoms with Gasteiger partial charge in [0.2, 0.25) is 5.76 Å². The van der Waals surface area contributed by atoms with Crippen molar-refractivity contribution in [2.75, 3.05) is 0 Å². The number of carbonyl (C=O) groups is 1. The molecule has 106 valence electrons. The Hall–Kier alpha value is -2.82. The number of aryl methyl sites for hydroxylation is 1. The molecule has 3 aromatic rings. The molecule has 5 nitrogen and oxygen atoms in total. The van der Waals surface area contributed by atoms with Gasteiger partial charge in [-0.05, 0) is 19.1 Å². The summed E-state index contributed by atoms with van der Waals surface area (Å²) in [6.07, 6.45) is 1.42. The summed E-state index contributed by atoms with van der Waals surface area (Å²) >= 11 is 0. The molecule has 21 heavy (non-hydrogen) atoms. The molecule has 0 aliphatic heterocycles. The van der Waals surface area contributed by atoms with E-state index < -0.39 is 5.97 Å². The molecular weight excluding hydrogens is 270 g/mol. The van der Waals surface area contributed by atoms with E-state index in [1.165, 1.54) is 11.8 Å². The summed E-state index contributed by atoms with van der Waals surface area (Å²) in [4.78, 5) is 11.6. The second-order valence-corrected chi connectivity index (χ2v) is 4.60. The highest BCUT2D eigenvalue weighted by molar-refractivity contribution is 5.86. The third-order valence-electron chi connectivity index (χ3n) is 2.97. The van der Waals surface area contributed by atoms with E-state index in [1.54, 1.807) is 18.2 Å². The predicted octanol–water partition coefficient (Wildman–Crippen LogP) is 3.60. The fourth-order valence-corrected chi connectivity index (χ4v) is 1.84. The molecule has 0 amide bonds. The van der Waals surface area contributed by atoms with Crippen molar-refractivity contribution in [1.82, 2.24) is 5.16 Å². The molecule has 0 saturated heterocycles. The van der Waals surface area contributed by atoms with Gasteiger partial charge in [-0.25, -0.2) is 4.79 Å². The van der Waals surface area contributed by atoms with Crippen LogP contribution in [0.4, 0.5) is 0 Å². The van der Waals surface area contributed by atoms with Crippen LogP contribution < -0.4 is 0 Å². The van der Waals surface area contributed by atoms with Crippen LogP contribution in [0.2, 0.25) is 0 Å². The van der Waals surface area contributed by atoms with Crippen molar-refractivity contribution in [3.8, 4) is 11.3 Å². The summed E-state index contributed by atoms with van der Waals surface area (Å²) < 4.78 is 15.3. The maximum absolute atomic E-state index is 11.6. The molecule has 0 radical (unpaired) electrons. The molecule has 0 bridgehead atoms. The lowest BCUT2D eigenvalue weighted by Gasteiger charge is -1.98. The van der Waals surface area contributed by atoms with Gasteiger partial charge in [-0.2, -0.15) is 0 Å². The van der Waals surface area contributed by atoms with Crippen LogP contribution in [-0.2, 0) is 11.3 Å². The molecule has 0 fully saturated rings. The van der Waals surface area contributed by atoms with Crippen molar-refractivity contribution in [3.63, 3.8) is 0 Å². The fraction of sp³-hybridized carbons (Fsp3) is 0.125. The third-order valence-corrected chi connectivity index (χ3v) is 2.97. The van der Waals surface area contributed by atoms with Crippen molar-refractivity contribution in [2.45, 2.75) is 13.5 Å². The van der Waals surface area contributed by atoms with Gasteiger partial charge in [0.1, 0.15) is 12.3 Å². The van der Waals surface area contributed by atoms with Gasteiger partial charge in [0.05, 0.1) is 6.26 Å². The molecular formula is C16H13NO4. The third kappa shape index (κ3) is 3.02. The zero-order valence-electron chi connectivity index (χ0n) is 11.4. The Balaban J connectivity index is 1.65. The summed E-state index contributed by atoms with van der Waals surface area (Å²) in [5.41, 5.74) is 2.65. The van der Waals surface area contributed by atoms with Gasteiger partial charge >= 0.3 is 5.97 Å². The van der Waals surface area contributed by atoms with Crippen LogP contribution in [0.3, 0.4) is 0 Å². The largest absolute Gasteiger partial charge is 0.457 e. The molecule has 2 aromatic heterocycles. The van der Waals surface area contributed by atoms with Crippen LogP contribution in [0.25, 0.3) is 11.3 Å². The van der Waals surface area contributed by atoms with Gasteiger partial charge in [0, 0.05) is 11.6 Å². The minimum atomic E-state index is -0.528. The van der Waals surface area contributed by atoms with E-state index in [4.69, 9.17) is 13.7 Å². The van der Waals surface area contributed by atoms with Gasteiger partial charge in [-0.15, -0.1) is 0 Å². The van der Waals surface area contributed by atoms with Crippen LogP contribution in [0.5, 0.6) is 0 Å². The molecule has 0 atom stereocenters. The summed E-state index contributed by atoms with van der Waals surface area (Å²) in [7, 11) is 0. The number of esters is 1. The first-order chi connectivity index (χ1) is 10.2. The van der Waals surface area contributed by atoms with E-state index in [-0.39, 0.29) is 12.4 Å². The van der Waals surface area contributed by atoms with Gasteiger partial charge in [0.15, 0.2) is 5.76 Å². The van der Waals surface area contributed by atoms with Crippen molar-refractivity contribution < 1.29 is 18.5 Å². The maximum Gasteiger partial charge on any atom is 0.374 e. The minimum Gasteiger partial charge on any atom is -0.457 e. The second kappa shape index (κ2) is 5.66. The minimum absolute atomic E-state index is 0.0366. The zero-order chi connectivity index (χ0) is 14.7. The molecule has 0 unspecified atom stereocenters. The Labute approximate surface area is 121 Å². The molecule has 0 N–H and O–H groups in total. The molecule has 2 heterocycles. The lowest BCUT2D eigenvalue weighted by atomic mass is 10.1. The number of carbonyl (C=O) groups excluding carboxylic acids is 1. The van der Waals surface area contributed by atoms with Crippen LogP contribution >= 0.6 is 0 Å². The molecule has 0 aliphatic carbocycles. The highest BCUT2D eigenvalue weighted by atomic mass is 16.5. The summed E-state index contributed by atoms with van der Waals surface area (Å²) in [6.45, 7) is 2.05. The van der Waals surface area contributed by atoms with Crippen molar-refractivity contribution in [3.05, 3.63) is 65.7 Å². The number of hydrogen-bond acceptors (Lipinski definition) is 5. The first-order valence-corrected chi connectivity index (χ1v) is 6.45. The van der Waals surface area contributed by atoms with Crippen LogP contribution in [0, 0.1) is 6.92 Å². The fourth-order valence-electron chi connectivity index (χ4n) is 1.84. The molecule has 0 spiro atoms. The average molecular weight is 283 g/mol. The number of hydrogen-bond donors (Lipinski definition) is 0. The van der Waals surface area contributed by atoms with Crippen molar-refractivity contribution in [1.29, 1.82) is 0 Å². The molecule has 3 rings (SSSR count). The van der Waals surface area contributed by atoms with Gasteiger partial charge in [0.25, 0.3) is 0 Å². The highest BCUT2D eigenvalue weighted by Gasteiger charge is 2.12. The number of benzene rings is 1. The van der Waals surface area contributed by atoms with Crippen LogP contribution in [-0.4, -0.2) is 11.1 Å². The quantitative estimate of drug-likeness (QED) is 0.684. The number of aromatic nitrogens is 1. The van der Waals surface area contributed by atoms with Crippen molar-refractivity contribution >= 4 is 5.97 Å². The van der Waals surface area contributed by atoms with E-state index >= 15 is 0 Å². The SMILES string of the molecule is Cc1ccc(-c2cc(COC(=O)c3ccco3)no2)cc1. The smallest absolute Gasteiger partial charge is 0.374 e. The maximum atomic E-state index is 11.6. The molecule has 0 saturated carbocycles. The Kier molecular flexibility index (Phi) is 3.55. The predicted molar refractivity (Wildman–Crippen MR) is 74.5 cm³/mol. The molecule has 0 aliphatic rings. The lowest BCUT2D eigenvalue weighted by molar-refractivity contribution is 0.0428. The standard InChI is InChI=1S/C16H13NO4/c1-11-4-6-12(7-5-11)15-9-13(17-21-15)10-20-16(18)14-3-2-8-19-14/h2-9H,10H2,1H3. The number of ether oxygens (including phenoxy) is 1. The first kappa shape index (κ1) is 13.2. The average Bonchev–Trinajstić information content (AvgIpc) is 3.17. The van der Waals surface area contributed by atoms with Gasteiger partial charge in [-0.1, -0.05) is 35.0 Å². The van der Waals surface area contributed by atoms with Gasteiger partial charge in [-0.3, -0.25) is 0 Å². The number of rotatable bonds is 4. The molecule has 5 heteroatoms. The summed E-state index contributed by atoms with van der Waals surface area (Å²) in [6, 6.07) is 12.8. The summed E-state index contributed by atoms with van der Waals surface area (Å²) in [5.74, 6) is 0.274. The molecule has 1 aromatic carbocycles.